The summed E-state index contributed by atoms with van der Waals surface area (Å²) in [6, 6.07) is 8.41. The SMILES string of the molecule is COc1cc(Br)c(C(N)c2cc(Cl)ccc2Cl)cc1OC. The van der Waals surface area contributed by atoms with Crippen LogP contribution in [0.5, 0.6) is 11.5 Å². The molecule has 0 spiro atoms. The Morgan fingerprint density at radius 2 is 1.62 bits per heavy atom. The molecule has 2 rings (SSSR count). The Morgan fingerprint density at radius 1 is 1.00 bits per heavy atom. The van der Waals surface area contributed by atoms with Crippen LogP contribution in [-0.4, -0.2) is 14.2 Å². The average Bonchev–Trinajstić information content (AvgIpc) is 2.48. The van der Waals surface area contributed by atoms with Gasteiger partial charge in [-0.3, -0.25) is 0 Å². The molecule has 0 heterocycles. The van der Waals surface area contributed by atoms with Gasteiger partial charge in [-0.25, -0.2) is 0 Å². The first kappa shape index (κ1) is 16.4. The maximum atomic E-state index is 6.33. The van der Waals surface area contributed by atoms with E-state index >= 15 is 0 Å². The minimum atomic E-state index is -0.439. The summed E-state index contributed by atoms with van der Waals surface area (Å²) in [6.07, 6.45) is 0. The van der Waals surface area contributed by atoms with Gasteiger partial charge in [-0.05, 0) is 41.5 Å². The molecule has 3 nitrogen and oxygen atoms in total. The predicted molar refractivity (Wildman–Crippen MR) is 89.7 cm³/mol. The molecule has 0 aliphatic carbocycles. The molecule has 1 atom stereocenters. The minimum Gasteiger partial charge on any atom is -0.493 e. The van der Waals surface area contributed by atoms with Crippen LogP contribution in [0.1, 0.15) is 17.2 Å². The molecule has 0 radical (unpaired) electrons. The first-order chi connectivity index (χ1) is 9.97. The highest BCUT2D eigenvalue weighted by molar-refractivity contribution is 9.10. The van der Waals surface area contributed by atoms with Crippen LogP contribution in [0.4, 0.5) is 0 Å². The second-order valence-corrected chi connectivity index (χ2v) is 6.07. The fraction of sp³-hybridized carbons (Fsp3) is 0.200. The van der Waals surface area contributed by atoms with E-state index in [1.165, 1.54) is 0 Å². The molecule has 0 aromatic heterocycles. The van der Waals surface area contributed by atoms with Gasteiger partial charge in [-0.2, -0.15) is 0 Å². The topological polar surface area (TPSA) is 44.5 Å². The monoisotopic (exact) mass is 389 g/mol. The summed E-state index contributed by atoms with van der Waals surface area (Å²) in [4.78, 5) is 0. The van der Waals surface area contributed by atoms with Crippen molar-refractivity contribution in [1.82, 2.24) is 0 Å². The van der Waals surface area contributed by atoms with E-state index < -0.39 is 6.04 Å². The van der Waals surface area contributed by atoms with Gasteiger partial charge in [0.2, 0.25) is 0 Å². The lowest BCUT2D eigenvalue weighted by Crippen LogP contribution is -2.13. The maximum Gasteiger partial charge on any atom is 0.161 e. The third kappa shape index (κ3) is 3.46. The van der Waals surface area contributed by atoms with Crippen LogP contribution in [0.3, 0.4) is 0 Å². The molecule has 112 valence electrons. The zero-order valence-electron chi connectivity index (χ0n) is 11.5. The van der Waals surface area contributed by atoms with Gasteiger partial charge in [-0.15, -0.1) is 0 Å². The molecule has 0 bridgehead atoms. The second kappa shape index (κ2) is 6.88. The third-order valence-corrected chi connectivity index (χ3v) is 4.40. The fourth-order valence-electron chi connectivity index (χ4n) is 2.03. The number of rotatable bonds is 4. The Bertz CT molecular complexity index is 664. The number of hydrogen-bond acceptors (Lipinski definition) is 3. The fourth-order valence-corrected chi connectivity index (χ4v) is 3.01. The molecule has 2 aromatic carbocycles. The molecule has 21 heavy (non-hydrogen) atoms. The molecular formula is C15H14BrCl2NO2. The van der Waals surface area contributed by atoms with E-state index in [-0.39, 0.29) is 0 Å². The van der Waals surface area contributed by atoms with Gasteiger partial charge in [-0.1, -0.05) is 39.1 Å². The summed E-state index contributed by atoms with van der Waals surface area (Å²) in [5.74, 6) is 1.22. The molecule has 2 aromatic rings. The van der Waals surface area contributed by atoms with Crippen LogP contribution in [0.2, 0.25) is 10.0 Å². The predicted octanol–water partition coefficient (Wildman–Crippen LogP) is 4.82. The van der Waals surface area contributed by atoms with E-state index in [1.807, 2.05) is 12.1 Å². The van der Waals surface area contributed by atoms with Crippen molar-refractivity contribution in [3.05, 3.63) is 56.0 Å². The van der Waals surface area contributed by atoms with E-state index in [1.54, 1.807) is 32.4 Å². The molecule has 1 unspecified atom stereocenters. The van der Waals surface area contributed by atoms with Crippen molar-refractivity contribution >= 4 is 39.1 Å². The average molecular weight is 391 g/mol. The molecule has 6 heteroatoms. The van der Waals surface area contributed by atoms with Crippen molar-refractivity contribution in [2.45, 2.75) is 6.04 Å². The minimum absolute atomic E-state index is 0.439. The quantitative estimate of drug-likeness (QED) is 0.813. The Kier molecular flexibility index (Phi) is 5.38. The van der Waals surface area contributed by atoms with E-state index in [0.29, 0.717) is 21.5 Å². The smallest absolute Gasteiger partial charge is 0.161 e. The highest BCUT2D eigenvalue weighted by Crippen LogP contribution is 2.38. The number of ether oxygens (including phenoxy) is 2. The number of methoxy groups -OCH3 is 2. The molecule has 0 aliphatic heterocycles. The molecular weight excluding hydrogens is 377 g/mol. The van der Waals surface area contributed by atoms with Crippen LogP contribution in [0, 0.1) is 0 Å². The highest BCUT2D eigenvalue weighted by Gasteiger charge is 2.19. The number of benzene rings is 2. The second-order valence-electron chi connectivity index (χ2n) is 4.37. The summed E-state index contributed by atoms with van der Waals surface area (Å²) in [7, 11) is 3.16. The largest absolute Gasteiger partial charge is 0.493 e. The van der Waals surface area contributed by atoms with Gasteiger partial charge in [0.15, 0.2) is 11.5 Å². The molecule has 0 saturated heterocycles. The lowest BCUT2D eigenvalue weighted by Gasteiger charge is -2.18. The van der Waals surface area contributed by atoms with Crippen LogP contribution in [-0.2, 0) is 0 Å². The van der Waals surface area contributed by atoms with Gasteiger partial charge in [0.25, 0.3) is 0 Å². The first-order valence-electron chi connectivity index (χ1n) is 6.10. The highest BCUT2D eigenvalue weighted by atomic mass is 79.9. The number of halogens is 3. The Hall–Kier alpha value is -0.940. The molecule has 0 fully saturated rings. The number of hydrogen-bond donors (Lipinski definition) is 1. The number of nitrogens with two attached hydrogens (primary N) is 1. The van der Waals surface area contributed by atoms with Crippen molar-refractivity contribution in [2.75, 3.05) is 14.2 Å². The van der Waals surface area contributed by atoms with E-state index in [0.717, 1.165) is 15.6 Å². The van der Waals surface area contributed by atoms with Gasteiger partial charge < -0.3 is 15.2 Å². The van der Waals surface area contributed by atoms with E-state index in [2.05, 4.69) is 15.9 Å². The van der Waals surface area contributed by atoms with Crippen LogP contribution < -0.4 is 15.2 Å². The summed E-state index contributed by atoms with van der Waals surface area (Å²) in [5, 5.41) is 1.15. The van der Waals surface area contributed by atoms with Gasteiger partial charge in [0.05, 0.1) is 20.3 Å². The Labute approximate surface area is 142 Å². The van der Waals surface area contributed by atoms with Gasteiger partial charge in [0.1, 0.15) is 0 Å². The summed E-state index contributed by atoms with van der Waals surface area (Å²) >= 11 is 15.7. The lowest BCUT2D eigenvalue weighted by atomic mass is 9.99. The van der Waals surface area contributed by atoms with Crippen molar-refractivity contribution in [2.24, 2.45) is 5.73 Å². The molecule has 0 saturated carbocycles. The maximum absolute atomic E-state index is 6.33. The normalized spacial score (nSPS) is 12.1. The molecule has 2 N–H and O–H groups in total. The Morgan fingerprint density at radius 3 is 2.24 bits per heavy atom. The third-order valence-electron chi connectivity index (χ3n) is 3.13. The van der Waals surface area contributed by atoms with Crippen LogP contribution in [0.25, 0.3) is 0 Å². The molecule has 0 aliphatic rings. The standard InChI is InChI=1S/C15H14BrCl2NO2/c1-20-13-6-9(11(16)7-14(13)21-2)15(19)10-5-8(17)3-4-12(10)18/h3-7,15H,19H2,1-2H3. The summed E-state index contributed by atoms with van der Waals surface area (Å²) < 4.78 is 11.4. The Balaban J connectivity index is 2.52. The first-order valence-corrected chi connectivity index (χ1v) is 7.64. The van der Waals surface area contributed by atoms with Crippen molar-refractivity contribution < 1.29 is 9.47 Å². The van der Waals surface area contributed by atoms with Crippen molar-refractivity contribution in [3.8, 4) is 11.5 Å². The van der Waals surface area contributed by atoms with Crippen molar-refractivity contribution in [1.29, 1.82) is 0 Å². The summed E-state index contributed by atoms with van der Waals surface area (Å²) in [5.41, 5.74) is 7.91. The summed E-state index contributed by atoms with van der Waals surface area (Å²) in [6.45, 7) is 0. The van der Waals surface area contributed by atoms with Crippen molar-refractivity contribution in [3.63, 3.8) is 0 Å². The lowest BCUT2D eigenvalue weighted by molar-refractivity contribution is 0.354. The zero-order valence-corrected chi connectivity index (χ0v) is 14.6. The zero-order chi connectivity index (χ0) is 15.6. The van der Waals surface area contributed by atoms with Crippen LogP contribution in [0.15, 0.2) is 34.8 Å². The van der Waals surface area contributed by atoms with Crippen LogP contribution >= 0.6 is 39.1 Å². The molecule has 0 amide bonds. The van der Waals surface area contributed by atoms with E-state index in [9.17, 15) is 0 Å². The van der Waals surface area contributed by atoms with Gasteiger partial charge in [0, 0.05) is 14.5 Å². The van der Waals surface area contributed by atoms with E-state index in [4.69, 9.17) is 38.4 Å². The van der Waals surface area contributed by atoms with Gasteiger partial charge >= 0.3 is 0 Å².